The molecule has 1 atom stereocenters. The number of thioether (sulfide) groups is 1. The van der Waals surface area contributed by atoms with Crippen LogP contribution in [-0.4, -0.2) is 10.9 Å². The lowest BCUT2D eigenvalue weighted by Gasteiger charge is -2.17. The normalized spacial score (nSPS) is 11.6. The van der Waals surface area contributed by atoms with Gasteiger partial charge in [0.1, 0.15) is 11.2 Å². The monoisotopic (exact) mass is 331 g/mol. The van der Waals surface area contributed by atoms with Crippen LogP contribution < -0.4 is 0 Å². The Balaban J connectivity index is 1.90. The molecule has 0 heterocycles. The minimum absolute atomic E-state index is 0.125. The van der Waals surface area contributed by atoms with Gasteiger partial charge in [-0.3, -0.25) is 0 Å². The molecular formula is C21H17NOS. The molecule has 24 heavy (non-hydrogen) atoms. The summed E-state index contributed by atoms with van der Waals surface area (Å²) in [6.45, 7) is 0. The zero-order valence-corrected chi connectivity index (χ0v) is 13.9. The fourth-order valence-corrected chi connectivity index (χ4v) is 3.38. The summed E-state index contributed by atoms with van der Waals surface area (Å²) in [4.78, 5) is 0. The lowest BCUT2D eigenvalue weighted by Crippen LogP contribution is -2.03. The zero-order chi connectivity index (χ0) is 16.8. The van der Waals surface area contributed by atoms with Crippen LogP contribution in [0.1, 0.15) is 17.0 Å². The molecule has 0 aliphatic carbocycles. The number of phenolic OH excluding ortho intramolecular Hbond substituents is 1. The topological polar surface area (TPSA) is 44.0 Å². The molecule has 3 rings (SSSR count). The third-order valence-electron chi connectivity index (χ3n) is 4.03. The lowest BCUT2D eigenvalue weighted by atomic mass is 9.91. The third kappa shape index (κ3) is 3.79. The van der Waals surface area contributed by atoms with Crippen molar-refractivity contribution < 1.29 is 5.11 Å². The molecule has 0 radical (unpaired) electrons. The molecule has 3 heteroatoms. The van der Waals surface area contributed by atoms with E-state index in [0.29, 0.717) is 5.75 Å². The number of nitriles is 1. The van der Waals surface area contributed by atoms with Gasteiger partial charge in [0.15, 0.2) is 0 Å². The quantitative estimate of drug-likeness (QED) is 0.636. The molecular weight excluding hydrogens is 314 g/mol. The predicted molar refractivity (Wildman–Crippen MR) is 99.9 cm³/mol. The van der Waals surface area contributed by atoms with E-state index in [-0.39, 0.29) is 11.7 Å². The van der Waals surface area contributed by atoms with Crippen molar-refractivity contribution in [2.45, 2.75) is 5.92 Å². The van der Waals surface area contributed by atoms with Crippen LogP contribution in [0.3, 0.4) is 0 Å². The molecule has 118 valence electrons. The van der Waals surface area contributed by atoms with Crippen LogP contribution in [0.15, 0.2) is 78.9 Å². The number of hydrogen-bond donors (Lipinski definition) is 1. The lowest BCUT2D eigenvalue weighted by molar-refractivity contribution is 0.475. The van der Waals surface area contributed by atoms with Gasteiger partial charge in [0, 0.05) is 11.7 Å². The number of thiocyanates is 1. The van der Waals surface area contributed by atoms with E-state index in [4.69, 9.17) is 5.26 Å². The van der Waals surface area contributed by atoms with Gasteiger partial charge in [-0.2, -0.15) is 5.26 Å². The van der Waals surface area contributed by atoms with Crippen molar-refractivity contribution in [2.24, 2.45) is 0 Å². The number of hydrogen-bond acceptors (Lipinski definition) is 3. The number of nitrogens with zero attached hydrogens (tertiary/aromatic N) is 1. The van der Waals surface area contributed by atoms with Crippen LogP contribution in [0, 0.1) is 10.7 Å². The van der Waals surface area contributed by atoms with Crippen LogP contribution in [0.5, 0.6) is 5.75 Å². The molecule has 3 aromatic rings. The molecule has 0 bridgehead atoms. The van der Waals surface area contributed by atoms with Crippen LogP contribution in [0.4, 0.5) is 0 Å². The Morgan fingerprint density at radius 3 is 1.92 bits per heavy atom. The summed E-state index contributed by atoms with van der Waals surface area (Å²) < 4.78 is 0. The highest BCUT2D eigenvalue weighted by molar-refractivity contribution is 8.03. The highest BCUT2D eigenvalue weighted by Gasteiger charge is 2.15. The van der Waals surface area contributed by atoms with Crippen LogP contribution in [-0.2, 0) is 0 Å². The van der Waals surface area contributed by atoms with E-state index in [2.05, 4.69) is 41.8 Å². The molecule has 3 aromatic carbocycles. The van der Waals surface area contributed by atoms with Gasteiger partial charge in [-0.15, -0.1) is 0 Å². The van der Waals surface area contributed by atoms with Gasteiger partial charge in [-0.1, -0.05) is 66.7 Å². The van der Waals surface area contributed by atoms with Crippen molar-refractivity contribution in [1.82, 2.24) is 0 Å². The Hall–Kier alpha value is -2.70. The van der Waals surface area contributed by atoms with E-state index in [1.54, 1.807) is 12.1 Å². The fraction of sp³-hybridized carbons (Fsp3) is 0.0952. The molecule has 0 saturated heterocycles. The second kappa shape index (κ2) is 7.72. The van der Waals surface area contributed by atoms with Crippen LogP contribution in [0.2, 0.25) is 0 Å². The maximum absolute atomic E-state index is 9.49. The molecule has 0 fully saturated rings. The second-order valence-electron chi connectivity index (χ2n) is 5.53. The summed E-state index contributed by atoms with van der Waals surface area (Å²) in [6.07, 6.45) is 0. The standard InChI is InChI=1S/C21H17NOS/c22-15-24-14-21(19-10-12-20(23)13-11-19)18-8-6-17(7-9-18)16-4-2-1-3-5-16/h1-13,21,23H,14H2/t21-/m0/s1. The van der Waals surface area contributed by atoms with E-state index in [0.717, 1.165) is 5.56 Å². The second-order valence-corrected chi connectivity index (χ2v) is 6.34. The Kier molecular flexibility index (Phi) is 5.20. The predicted octanol–water partition coefficient (Wildman–Crippen LogP) is 5.41. The van der Waals surface area contributed by atoms with E-state index in [1.807, 2.05) is 30.3 Å². The maximum atomic E-state index is 9.49. The first kappa shape index (κ1) is 16.2. The first-order chi connectivity index (χ1) is 11.8. The van der Waals surface area contributed by atoms with Crippen molar-refractivity contribution in [3.05, 3.63) is 90.0 Å². The summed E-state index contributed by atoms with van der Waals surface area (Å²) >= 11 is 1.25. The summed E-state index contributed by atoms with van der Waals surface area (Å²) in [7, 11) is 0. The summed E-state index contributed by atoms with van der Waals surface area (Å²) in [6, 6.07) is 26.0. The number of phenols is 1. The molecule has 1 N–H and O–H groups in total. The first-order valence-corrected chi connectivity index (χ1v) is 8.71. The molecule has 0 amide bonds. The van der Waals surface area contributed by atoms with Gasteiger partial charge in [0.2, 0.25) is 0 Å². The molecule has 0 aromatic heterocycles. The molecule has 0 spiro atoms. The minimum atomic E-state index is 0.125. The van der Waals surface area contributed by atoms with E-state index >= 15 is 0 Å². The summed E-state index contributed by atoms with van der Waals surface area (Å²) in [5.74, 6) is 1.07. The van der Waals surface area contributed by atoms with Crippen molar-refractivity contribution in [1.29, 1.82) is 5.26 Å². The Morgan fingerprint density at radius 1 is 0.792 bits per heavy atom. The molecule has 2 nitrogen and oxygen atoms in total. The van der Waals surface area contributed by atoms with E-state index in [1.165, 1.54) is 28.5 Å². The average Bonchev–Trinajstić information content (AvgIpc) is 2.65. The number of benzene rings is 3. The summed E-state index contributed by atoms with van der Waals surface area (Å²) in [5, 5.41) is 20.6. The average molecular weight is 331 g/mol. The van der Waals surface area contributed by atoms with E-state index in [9.17, 15) is 5.11 Å². The molecule has 0 saturated carbocycles. The SMILES string of the molecule is N#CSC[C@H](c1ccc(O)cc1)c1ccc(-c2ccccc2)cc1. The first-order valence-electron chi connectivity index (χ1n) is 7.73. The zero-order valence-electron chi connectivity index (χ0n) is 13.1. The fourth-order valence-electron chi connectivity index (χ4n) is 2.75. The molecule has 0 unspecified atom stereocenters. The van der Waals surface area contributed by atoms with Gasteiger partial charge in [0.25, 0.3) is 0 Å². The van der Waals surface area contributed by atoms with Crippen molar-refractivity contribution in [3.8, 4) is 22.3 Å². The third-order valence-corrected chi connectivity index (χ3v) is 4.66. The smallest absolute Gasteiger partial charge is 0.133 e. The van der Waals surface area contributed by atoms with Crippen LogP contribution in [0.25, 0.3) is 11.1 Å². The van der Waals surface area contributed by atoms with Gasteiger partial charge in [-0.25, -0.2) is 0 Å². The Morgan fingerprint density at radius 2 is 1.33 bits per heavy atom. The van der Waals surface area contributed by atoms with Gasteiger partial charge in [-0.05, 0) is 46.1 Å². The molecule has 0 aliphatic rings. The van der Waals surface area contributed by atoms with Crippen LogP contribution >= 0.6 is 11.8 Å². The Bertz CT molecular complexity index is 820. The Labute approximate surface area is 146 Å². The number of aromatic hydroxyl groups is 1. The van der Waals surface area contributed by atoms with Gasteiger partial charge < -0.3 is 5.11 Å². The number of rotatable bonds is 5. The highest BCUT2D eigenvalue weighted by atomic mass is 32.2. The van der Waals surface area contributed by atoms with Gasteiger partial charge >= 0.3 is 0 Å². The summed E-state index contributed by atoms with van der Waals surface area (Å²) in [5.41, 5.74) is 4.64. The van der Waals surface area contributed by atoms with E-state index < -0.39 is 0 Å². The van der Waals surface area contributed by atoms with Crippen molar-refractivity contribution in [3.63, 3.8) is 0 Å². The van der Waals surface area contributed by atoms with Crippen molar-refractivity contribution >= 4 is 11.8 Å². The van der Waals surface area contributed by atoms with Crippen molar-refractivity contribution in [2.75, 3.05) is 5.75 Å². The van der Waals surface area contributed by atoms with Gasteiger partial charge in [0.05, 0.1) is 0 Å². The molecule has 0 aliphatic heterocycles. The maximum Gasteiger partial charge on any atom is 0.133 e. The largest absolute Gasteiger partial charge is 0.508 e. The minimum Gasteiger partial charge on any atom is -0.508 e. The highest BCUT2D eigenvalue weighted by Crippen LogP contribution is 2.31.